The van der Waals surface area contributed by atoms with Crippen LogP contribution in [0.4, 0.5) is 17.6 Å². The third kappa shape index (κ3) is 16.4. The molecule has 0 aromatic heterocycles. The normalized spacial score (nSPS) is 27.8. The second-order valence-corrected chi connectivity index (χ2v) is 7.80. The molecule has 0 amide bonds. The van der Waals surface area contributed by atoms with Crippen molar-refractivity contribution >= 4 is 49.6 Å². The Balaban J connectivity index is -0.000000199. The third-order valence-corrected chi connectivity index (χ3v) is 5.30. The molecule has 0 bridgehead atoms. The molecule has 0 heterocycles. The molecule has 2 aliphatic carbocycles. The maximum atomic E-state index is 12.2. The molecule has 0 aromatic carbocycles. The minimum Gasteiger partial charge on any atom is -0.328 e. The zero-order valence-corrected chi connectivity index (χ0v) is 20.8. The summed E-state index contributed by atoms with van der Waals surface area (Å²) in [5, 5.41) is 5.87. The molecular formula is C18H40Cl4F4N4. The van der Waals surface area contributed by atoms with Crippen LogP contribution < -0.4 is 22.1 Å². The van der Waals surface area contributed by atoms with Crippen LogP contribution in [0.15, 0.2) is 0 Å². The first kappa shape index (κ1) is 38.0. The Labute approximate surface area is 203 Å². The fraction of sp³-hybridized carbons (Fsp3) is 1.00. The van der Waals surface area contributed by atoms with Gasteiger partial charge in [-0.2, -0.15) is 0 Å². The summed E-state index contributed by atoms with van der Waals surface area (Å²) in [6.07, 6.45) is 2.99. The summed E-state index contributed by atoms with van der Waals surface area (Å²) < 4.78 is 48.7. The van der Waals surface area contributed by atoms with Gasteiger partial charge in [-0.1, -0.05) is 0 Å². The predicted octanol–water partition coefficient (Wildman–Crippen LogP) is 4.69. The zero-order valence-electron chi connectivity index (χ0n) is 17.6. The van der Waals surface area contributed by atoms with E-state index in [1.54, 1.807) is 0 Å². The lowest BCUT2D eigenvalue weighted by atomic mass is 9.91. The Hall–Kier alpha value is 0.720. The van der Waals surface area contributed by atoms with Crippen molar-refractivity contribution in [2.75, 3.05) is 0 Å². The van der Waals surface area contributed by atoms with E-state index in [-0.39, 0.29) is 73.8 Å². The standard InChI is InChI=1S/2C9H18F2N2.4ClH/c2*1-6(9(10)11)13-8-4-2-7(12)3-5-8;;;;/h2*6-9,13H,2-5,12H2,1H3;4*1H/t2*6-,7?,8?;;;;/m10..../s1. The molecule has 0 spiro atoms. The highest BCUT2D eigenvalue weighted by molar-refractivity contribution is 5.86. The van der Waals surface area contributed by atoms with Gasteiger partial charge in [-0.25, -0.2) is 17.6 Å². The highest BCUT2D eigenvalue weighted by atomic mass is 35.5. The molecule has 30 heavy (non-hydrogen) atoms. The molecule has 2 aliphatic rings. The van der Waals surface area contributed by atoms with Gasteiger partial charge in [0.05, 0.1) is 12.1 Å². The average molecular weight is 530 g/mol. The number of alkyl halides is 4. The lowest BCUT2D eigenvalue weighted by Gasteiger charge is -2.29. The van der Waals surface area contributed by atoms with Crippen LogP contribution >= 0.6 is 49.6 Å². The Kier molecular flexibility index (Phi) is 25.8. The van der Waals surface area contributed by atoms with Gasteiger partial charge in [-0.3, -0.25) is 0 Å². The van der Waals surface area contributed by atoms with Crippen molar-refractivity contribution in [1.82, 2.24) is 10.6 Å². The Morgan fingerprint density at radius 1 is 0.567 bits per heavy atom. The van der Waals surface area contributed by atoms with E-state index in [9.17, 15) is 17.6 Å². The van der Waals surface area contributed by atoms with Crippen molar-refractivity contribution in [1.29, 1.82) is 0 Å². The second-order valence-electron chi connectivity index (χ2n) is 7.80. The Morgan fingerprint density at radius 2 is 0.800 bits per heavy atom. The Bertz CT molecular complexity index is 340. The number of halogens is 8. The molecule has 2 fully saturated rings. The van der Waals surface area contributed by atoms with Gasteiger partial charge in [0, 0.05) is 24.2 Å². The number of rotatable bonds is 6. The summed E-state index contributed by atoms with van der Waals surface area (Å²) in [5.74, 6) is 0. The molecule has 0 radical (unpaired) electrons. The van der Waals surface area contributed by atoms with Crippen molar-refractivity contribution in [2.24, 2.45) is 11.5 Å². The van der Waals surface area contributed by atoms with Crippen LogP contribution in [-0.2, 0) is 0 Å². The van der Waals surface area contributed by atoms with E-state index >= 15 is 0 Å². The quantitative estimate of drug-likeness (QED) is 0.376. The SMILES string of the molecule is C[C@@H](NC1CCC(N)CC1)C(F)F.C[C@H](NC1CCC(N)CC1)C(F)F.Cl.Cl.Cl.Cl. The summed E-state index contributed by atoms with van der Waals surface area (Å²) in [5.41, 5.74) is 11.4. The second kappa shape index (κ2) is 20.3. The molecule has 6 N–H and O–H groups in total. The third-order valence-electron chi connectivity index (χ3n) is 5.30. The topological polar surface area (TPSA) is 76.1 Å². The maximum absolute atomic E-state index is 12.2. The summed E-state index contributed by atoms with van der Waals surface area (Å²) in [7, 11) is 0. The molecule has 0 saturated heterocycles. The van der Waals surface area contributed by atoms with Gasteiger partial charge in [0.1, 0.15) is 0 Å². The van der Waals surface area contributed by atoms with Crippen LogP contribution in [0.2, 0.25) is 0 Å². The van der Waals surface area contributed by atoms with Crippen LogP contribution in [0.25, 0.3) is 0 Å². The van der Waals surface area contributed by atoms with Crippen molar-refractivity contribution in [2.45, 2.75) is 114 Å². The number of hydrogen-bond donors (Lipinski definition) is 4. The molecule has 2 rings (SSSR count). The fourth-order valence-electron chi connectivity index (χ4n) is 3.46. The van der Waals surface area contributed by atoms with Crippen molar-refractivity contribution in [3.05, 3.63) is 0 Å². The van der Waals surface area contributed by atoms with E-state index in [2.05, 4.69) is 10.6 Å². The first-order valence-electron chi connectivity index (χ1n) is 9.78. The van der Waals surface area contributed by atoms with E-state index in [0.29, 0.717) is 0 Å². The van der Waals surface area contributed by atoms with Gasteiger partial charge < -0.3 is 22.1 Å². The summed E-state index contributed by atoms with van der Waals surface area (Å²) in [4.78, 5) is 0. The van der Waals surface area contributed by atoms with E-state index in [1.807, 2.05) is 0 Å². The van der Waals surface area contributed by atoms with Gasteiger partial charge >= 0.3 is 0 Å². The first-order chi connectivity index (χ1) is 12.2. The minimum atomic E-state index is -2.27. The van der Waals surface area contributed by atoms with Gasteiger partial charge in [-0.15, -0.1) is 49.6 Å². The molecule has 2 saturated carbocycles. The van der Waals surface area contributed by atoms with Crippen LogP contribution in [0.1, 0.15) is 65.2 Å². The first-order valence-corrected chi connectivity index (χ1v) is 9.78. The molecule has 0 aliphatic heterocycles. The highest BCUT2D eigenvalue weighted by Gasteiger charge is 2.24. The average Bonchev–Trinajstić information content (AvgIpc) is 2.59. The van der Waals surface area contributed by atoms with E-state index in [1.165, 1.54) is 13.8 Å². The lowest BCUT2D eigenvalue weighted by Crippen LogP contribution is -2.44. The van der Waals surface area contributed by atoms with E-state index < -0.39 is 24.9 Å². The van der Waals surface area contributed by atoms with Crippen LogP contribution in [0, 0.1) is 0 Å². The fourth-order valence-corrected chi connectivity index (χ4v) is 3.46. The summed E-state index contributed by atoms with van der Waals surface area (Å²) >= 11 is 0. The number of nitrogens with two attached hydrogens (primary N) is 2. The lowest BCUT2D eigenvalue weighted by molar-refractivity contribution is 0.0955. The van der Waals surface area contributed by atoms with Gasteiger partial charge in [-0.05, 0) is 65.2 Å². The van der Waals surface area contributed by atoms with Crippen molar-refractivity contribution < 1.29 is 17.6 Å². The van der Waals surface area contributed by atoms with Crippen LogP contribution in [0.5, 0.6) is 0 Å². The molecule has 0 unspecified atom stereocenters. The van der Waals surface area contributed by atoms with Crippen LogP contribution in [-0.4, -0.2) is 49.1 Å². The van der Waals surface area contributed by atoms with Crippen molar-refractivity contribution in [3.8, 4) is 0 Å². The Morgan fingerprint density at radius 3 is 1.00 bits per heavy atom. The monoisotopic (exact) mass is 528 g/mol. The zero-order chi connectivity index (χ0) is 19.7. The van der Waals surface area contributed by atoms with Crippen molar-refractivity contribution in [3.63, 3.8) is 0 Å². The summed E-state index contributed by atoms with van der Waals surface area (Å²) in [6, 6.07) is -0.355. The van der Waals surface area contributed by atoms with E-state index in [0.717, 1.165) is 51.4 Å². The molecule has 0 aromatic rings. The highest BCUT2D eigenvalue weighted by Crippen LogP contribution is 2.19. The molecule has 2 atom stereocenters. The minimum absolute atomic E-state index is 0. The van der Waals surface area contributed by atoms with Gasteiger partial charge in [0.15, 0.2) is 0 Å². The molecular weight excluding hydrogens is 490 g/mol. The predicted molar refractivity (Wildman–Crippen MR) is 127 cm³/mol. The summed E-state index contributed by atoms with van der Waals surface area (Å²) in [6.45, 7) is 3.05. The van der Waals surface area contributed by atoms with Gasteiger partial charge in [0.2, 0.25) is 0 Å². The number of nitrogens with one attached hydrogen (secondary N) is 2. The van der Waals surface area contributed by atoms with Gasteiger partial charge in [0.25, 0.3) is 12.9 Å². The van der Waals surface area contributed by atoms with Crippen LogP contribution in [0.3, 0.4) is 0 Å². The molecule has 188 valence electrons. The molecule has 4 nitrogen and oxygen atoms in total. The smallest absolute Gasteiger partial charge is 0.253 e. The van der Waals surface area contributed by atoms with E-state index in [4.69, 9.17) is 11.5 Å². The molecule has 12 heteroatoms. The largest absolute Gasteiger partial charge is 0.328 e. The number of hydrogen-bond acceptors (Lipinski definition) is 4. The maximum Gasteiger partial charge on any atom is 0.253 e.